The van der Waals surface area contributed by atoms with Gasteiger partial charge >= 0.3 is 0 Å². The maximum Gasteiger partial charge on any atom is 0.224 e. The molecule has 0 aliphatic carbocycles. The van der Waals surface area contributed by atoms with Gasteiger partial charge in [-0.3, -0.25) is 4.79 Å². The Hall–Kier alpha value is -3.34. The van der Waals surface area contributed by atoms with Gasteiger partial charge < -0.3 is 20.4 Å². The first-order chi connectivity index (χ1) is 15.0. The number of aromatic hydroxyl groups is 1. The minimum absolute atomic E-state index is 0.0101. The minimum atomic E-state index is -0.146. The van der Waals surface area contributed by atoms with E-state index in [1.54, 1.807) is 24.0 Å². The molecule has 1 fully saturated rings. The number of aliphatic hydroxyl groups is 1. The van der Waals surface area contributed by atoms with Gasteiger partial charge in [0.2, 0.25) is 5.91 Å². The summed E-state index contributed by atoms with van der Waals surface area (Å²) >= 11 is 5.98. The van der Waals surface area contributed by atoms with Crippen LogP contribution in [0.25, 0.3) is 22.0 Å². The number of hydrogen-bond acceptors (Lipinski definition) is 6. The van der Waals surface area contributed by atoms with Gasteiger partial charge in [-0.25, -0.2) is 0 Å². The van der Waals surface area contributed by atoms with Gasteiger partial charge in [0, 0.05) is 46.4 Å². The van der Waals surface area contributed by atoms with Crippen LogP contribution in [0.1, 0.15) is 18.9 Å². The van der Waals surface area contributed by atoms with Gasteiger partial charge in [-0.15, -0.1) is 16.1 Å². The van der Waals surface area contributed by atoms with Crippen molar-refractivity contribution in [2.24, 2.45) is 0 Å². The lowest BCUT2D eigenvalue weighted by atomic mass is 10.0. The molecule has 1 aliphatic rings. The normalized spacial score (nSPS) is 15.8. The molecule has 2 heterocycles. The molecule has 1 amide bonds. The highest BCUT2D eigenvalue weighted by molar-refractivity contribution is 6.30. The number of phenolic OH excluding ortho intramolecular Hbond substituents is 1. The summed E-state index contributed by atoms with van der Waals surface area (Å²) in [5.74, 6) is 6.48. The third kappa shape index (κ3) is 4.26. The standard InChI is InChI=1S/C23H21ClN4O3/c1-2-3-14-4-6-17-19(10-14)23(25-16-12-21(31)28(13-16)8-9-29)27-26-22(17)18-7-5-15(24)11-20(18)30/h4-7,10-11,16,29-30H,8-9,12-13H2,1H3,(H,25,27)/t16-/m1/s1. The van der Waals surface area contributed by atoms with Gasteiger partial charge in [0.1, 0.15) is 11.4 Å². The fraction of sp³-hybridized carbons (Fsp3) is 0.261. The number of β-amino-alcohol motifs (C(OH)–C–C–N with tert-alkyl or cyclic N) is 1. The van der Waals surface area contributed by atoms with Crippen LogP contribution in [0.3, 0.4) is 0 Å². The van der Waals surface area contributed by atoms with Crippen LogP contribution >= 0.6 is 11.6 Å². The molecule has 3 aromatic rings. The van der Waals surface area contributed by atoms with Crippen LogP contribution in [-0.2, 0) is 4.79 Å². The predicted octanol–water partition coefficient (Wildman–Crippen LogP) is 3.03. The van der Waals surface area contributed by atoms with Crippen molar-refractivity contribution in [2.75, 3.05) is 25.0 Å². The Bertz CT molecular complexity index is 1220. The molecule has 0 bridgehead atoms. The van der Waals surface area contributed by atoms with Crippen LogP contribution in [-0.4, -0.2) is 57.0 Å². The van der Waals surface area contributed by atoms with E-state index in [4.69, 9.17) is 16.7 Å². The number of rotatable bonds is 5. The van der Waals surface area contributed by atoms with E-state index >= 15 is 0 Å². The van der Waals surface area contributed by atoms with Crippen LogP contribution in [0.15, 0.2) is 36.4 Å². The van der Waals surface area contributed by atoms with Crippen LogP contribution in [0.4, 0.5) is 5.82 Å². The summed E-state index contributed by atoms with van der Waals surface area (Å²) in [5.41, 5.74) is 1.87. The minimum Gasteiger partial charge on any atom is -0.507 e. The molecule has 0 saturated carbocycles. The van der Waals surface area contributed by atoms with E-state index in [2.05, 4.69) is 27.4 Å². The summed E-state index contributed by atoms with van der Waals surface area (Å²) in [6.45, 7) is 2.50. The molecule has 2 aromatic carbocycles. The fourth-order valence-electron chi connectivity index (χ4n) is 3.79. The molecule has 158 valence electrons. The zero-order chi connectivity index (χ0) is 22.0. The number of nitrogens with zero attached hydrogens (tertiary/aromatic N) is 3. The highest BCUT2D eigenvalue weighted by atomic mass is 35.5. The Morgan fingerprint density at radius 2 is 2.06 bits per heavy atom. The number of anilines is 1. The largest absolute Gasteiger partial charge is 0.507 e. The maximum atomic E-state index is 12.2. The number of nitrogens with one attached hydrogen (secondary N) is 1. The predicted molar refractivity (Wildman–Crippen MR) is 120 cm³/mol. The number of carbonyl (C=O) groups excluding carboxylic acids is 1. The highest BCUT2D eigenvalue weighted by Gasteiger charge is 2.30. The summed E-state index contributed by atoms with van der Waals surface area (Å²) in [7, 11) is 0. The van der Waals surface area contributed by atoms with E-state index in [0.717, 1.165) is 16.3 Å². The molecule has 0 radical (unpaired) electrons. The fourth-order valence-corrected chi connectivity index (χ4v) is 3.95. The Labute approximate surface area is 184 Å². The van der Waals surface area contributed by atoms with E-state index < -0.39 is 0 Å². The van der Waals surface area contributed by atoms with Gasteiger partial charge in [-0.05, 0) is 37.3 Å². The van der Waals surface area contributed by atoms with Gasteiger partial charge in [0.05, 0.1) is 12.6 Å². The zero-order valence-corrected chi connectivity index (χ0v) is 17.6. The van der Waals surface area contributed by atoms with Gasteiger partial charge in [-0.1, -0.05) is 23.6 Å². The molecule has 1 saturated heterocycles. The lowest BCUT2D eigenvalue weighted by Gasteiger charge is -2.17. The summed E-state index contributed by atoms with van der Waals surface area (Å²) in [6, 6.07) is 10.4. The monoisotopic (exact) mass is 436 g/mol. The molecule has 7 nitrogen and oxygen atoms in total. The number of likely N-dealkylation sites (tertiary alicyclic amines) is 1. The first-order valence-corrected chi connectivity index (χ1v) is 10.2. The second kappa shape index (κ2) is 8.80. The average Bonchev–Trinajstić information content (AvgIpc) is 3.08. The third-order valence-electron chi connectivity index (χ3n) is 5.19. The zero-order valence-electron chi connectivity index (χ0n) is 16.9. The van der Waals surface area contributed by atoms with Crippen LogP contribution in [0.5, 0.6) is 5.75 Å². The van der Waals surface area contributed by atoms with E-state index in [9.17, 15) is 9.90 Å². The first-order valence-electron chi connectivity index (χ1n) is 9.87. The molecule has 8 heteroatoms. The summed E-state index contributed by atoms with van der Waals surface area (Å²) in [4.78, 5) is 13.8. The number of amides is 1. The second-order valence-corrected chi connectivity index (χ2v) is 7.74. The lowest BCUT2D eigenvalue weighted by Crippen LogP contribution is -2.30. The van der Waals surface area contributed by atoms with Crippen molar-refractivity contribution in [3.8, 4) is 28.8 Å². The van der Waals surface area contributed by atoms with Crippen LogP contribution < -0.4 is 5.32 Å². The summed E-state index contributed by atoms with van der Waals surface area (Å²) in [5, 5.41) is 33.6. The van der Waals surface area contributed by atoms with Crippen molar-refractivity contribution in [1.29, 1.82) is 0 Å². The molecular formula is C23H21ClN4O3. The van der Waals surface area contributed by atoms with Gasteiger partial charge in [0.15, 0.2) is 5.82 Å². The summed E-state index contributed by atoms with van der Waals surface area (Å²) < 4.78 is 0. The van der Waals surface area contributed by atoms with Crippen molar-refractivity contribution < 1.29 is 15.0 Å². The van der Waals surface area contributed by atoms with Gasteiger partial charge in [0.25, 0.3) is 0 Å². The molecule has 1 atom stereocenters. The molecular weight excluding hydrogens is 416 g/mol. The summed E-state index contributed by atoms with van der Waals surface area (Å²) in [6.07, 6.45) is 0.317. The molecule has 0 spiro atoms. The van der Waals surface area contributed by atoms with Gasteiger partial charge in [-0.2, -0.15) is 0 Å². The molecule has 3 N–H and O–H groups in total. The molecule has 1 aromatic heterocycles. The number of halogens is 1. The lowest BCUT2D eigenvalue weighted by molar-refractivity contribution is -0.128. The number of benzene rings is 2. The number of fused-ring (bicyclic) bond motifs is 1. The Kier molecular flexibility index (Phi) is 5.94. The number of carbonyl (C=O) groups is 1. The maximum absolute atomic E-state index is 12.2. The van der Waals surface area contributed by atoms with Crippen molar-refractivity contribution >= 4 is 34.1 Å². The topological polar surface area (TPSA) is 98.6 Å². The van der Waals surface area contributed by atoms with Crippen molar-refractivity contribution in [2.45, 2.75) is 19.4 Å². The Balaban J connectivity index is 1.78. The van der Waals surface area contributed by atoms with Crippen molar-refractivity contribution in [1.82, 2.24) is 15.1 Å². The van der Waals surface area contributed by atoms with Crippen LogP contribution in [0.2, 0.25) is 5.02 Å². The second-order valence-electron chi connectivity index (χ2n) is 7.30. The Morgan fingerprint density at radius 1 is 1.23 bits per heavy atom. The van der Waals surface area contributed by atoms with E-state index in [1.807, 2.05) is 18.2 Å². The number of aromatic nitrogens is 2. The number of hydrogen-bond donors (Lipinski definition) is 3. The van der Waals surface area contributed by atoms with E-state index in [1.165, 1.54) is 6.07 Å². The molecule has 1 aliphatic heterocycles. The van der Waals surface area contributed by atoms with E-state index in [-0.39, 0.29) is 24.3 Å². The Morgan fingerprint density at radius 3 is 2.81 bits per heavy atom. The smallest absolute Gasteiger partial charge is 0.224 e. The van der Waals surface area contributed by atoms with E-state index in [0.29, 0.717) is 41.6 Å². The SMILES string of the molecule is CC#Cc1ccc2c(-c3ccc(Cl)cc3O)nnc(N[C@@H]3CC(=O)N(CCO)C3)c2c1. The van der Waals surface area contributed by atoms with Crippen LogP contribution in [0, 0.1) is 11.8 Å². The molecule has 4 rings (SSSR count). The number of aliphatic hydroxyl groups excluding tert-OH is 1. The van der Waals surface area contributed by atoms with Crippen molar-refractivity contribution in [3.63, 3.8) is 0 Å². The first kappa shape index (κ1) is 20.9. The van der Waals surface area contributed by atoms with Crippen molar-refractivity contribution in [3.05, 3.63) is 47.0 Å². The quantitative estimate of drug-likeness (QED) is 0.532. The average molecular weight is 437 g/mol. The molecule has 0 unspecified atom stereocenters. The highest BCUT2D eigenvalue weighted by Crippen LogP contribution is 2.36. The number of phenols is 1. The molecule has 31 heavy (non-hydrogen) atoms. The third-order valence-corrected chi connectivity index (χ3v) is 5.42.